The minimum absolute atomic E-state index is 0.0587. The number of nitrogens with one attached hydrogen (secondary N) is 2. The van der Waals surface area contributed by atoms with Crippen molar-refractivity contribution in [3.8, 4) is 11.5 Å². The summed E-state index contributed by atoms with van der Waals surface area (Å²) in [4.78, 5) is 38.2. The van der Waals surface area contributed by atoms with Gasteiger partial charge in [-0.1, -0.05) is 6.07 Å². The summed E-state index contributed by atoms with van der Waals surface area (Å²) < 4.78 is 5.11. The van der Waals surface area contributed by atoms with Crippen molar-refractivity contribution in [1.82, 2.24) is 5.32 Å². The quantitative estimate of drug-likeness (QED) is 0.661. The molecule has 0 aromatic heterocycles. The Morgan fingerprint density at radius 1 is 1.21 bits per heavy atom. The molecule has 1 atom stereocenters. The van der Waals surface area contributed by atoms with E-state index < -0.39 is 5.92 Å². The van der Waals surface area contributed by atoms with Crippen molar-refractivity contribution in [2.24, 2.45) is 5.92 Å². The number of hydrogen-bond acceptors (Lipinski definition) is 5. The zero-order valence-electron chi connectivity index (χ0n) is 16.1. The minimum atomic E-state index is -0.460. The third kappa shape index (κ3) is 5.25. The van der Waals surface area contributed by atoms with Gasteiger partial charge in [0.1, 0.15) is 11.5 Å². The van der Waals surface area contributed by atoms with Gasteiger partial charge >= 0.3 is 0 Å². The lowest BCUT2D eigenvalue weighted by molar-refractivity contribution is -0.126. The molecule has 8 heteroatoms. The van der Waals surface area contributed by atoms with Gasteiger partial charge in [-0.2, -0.15) is 0 Å². The molecule has 1 aliphatic rings. The van der Waals surface area contributed by atoms with Gasteiger partial charge in [-0.15, -0.1) is 0 Å². The molecule has 1 aliphatic heterocycles. The largest absolute Gasteiger partial charge is 0.508 e. The second kappa shape index (κ2) is 9.09. The monoisotopic (exact) mass is 397 g/mol. The molecule has 2 aromatic carbocycles. The summed E-state index contributed by atoms with van der Waals surface area (Å²) in [5.41, 5.74) is 1.20. The van der Waals surface area contributed by atoms with E-state index >= 15 is 0 Å². The Labute approximate surface area is 168 Å². The number of rotatable bonds is 7. The van der Waals surface area contributed by atoms with E-state index in [2.05, 4.69) is 10.6 Å². The SMILES string of the molecule is COc1ccc(N2C[C@H](C(=O)NCCC(=O)Nc3cccc(O)c3)CC2=O)cc1. The zero-order chi connectivity index (χ0) is 20.8. The van der Waals surface area contributed by atoms with E-state index in [1.54, 1.807) is 48.4 Å². The van der Waals surface area contributed by atoms with Crippen molar-refractivity contribution in [3.63, 3.8) is 0 Å². The van der Waals surface area contributed by atoms with Gasteiger partial charge in [0.2, 0.25) is 17.7 Å². The molecule has 0 spiro atoms. The van der Waals surface area contributed by atoms with Gasteiger partial charge < -0.3 is 25.4 Å². The number of methoxy groups -OCH3 is 1. The first-order chi connectivity index (χ1) is 14.0. The Balaban J connectivity index is 1.46. The summed E-state index contributed by atoms with van der Waals surface area (Å²) in [6.07, 6.45) is 0.220. The van der Waals surface area contributed by atoms with E-state index in [0.717, 1.165) is 5.69 Å². The Bertz CT molecular complexity index is 897. The number of hydrogen-bond donors (Lipinski definition) is 3. The summed E-state index contributed by atoms with van der Waals surface area (Å²) in [6, 6.07) is 13.3. The van der Waals surface area contributed by atoms with Gasteiger partial charge in [-0.25, -0.2) is 0 Å². The van der Waals surface area contributed by atoms with E-state index in [1.807, 2.05) is 0 Å². The van der Waals surface area contributed by atoms with Crippen LogP contribution in [0.3, 0.4) is 0 Å². The number of benzene rings is 2. The Kier molecular flexibility index (Phi) is 6.33. The van der Waals surface area contributed by atoms with Gasteiger partial charge in [0.15, 0.2) is 0 Å². The number of nitrogens with zero attached hydrogens (tertiary/aromatic N) is 1. The number of aromatic hydroxyl groups is 1. The average molecular weight is 397 g/mol. The molecule has 1 saturated heterocycles. The van der Waals surface area contributed by atoms with Crippen molar-refractivity contribution in [2.45, 2.75) is 12.8 Å². The molecule has 3 N–H and O–H groups in total. The third-order valence-electron chi connectivity index (χ3n) is 4.66. The lowest BCUT2D eigenvalue weighted by Gasteiger charge is -2.17. The van der Waals surface area contributed by atoms with E-state index in [-0.39, 0.29) is 42.9 Å². The van der Waals surface area contributed by atoms with Crippen LogP contribution in [0.1, 0.15) is 12.8 Å². The first-order valence-electron chi connectivity index (χ1n) is 9.27. The second-order valence-corrected chi connectivity index (χ2v) is 6.74. The fourth-order valence-electron chi connectivity index (χ4n) is 3.15. The van der Waals surface area contributed by atoms with Gasteiger partial charge in [-0.05, 0) is 36.4 Å². The summed E-state index contributed by atoms with van der Waals surface area (Å²) >= 11 is 0. The summed E-state index contributed by atoms with van der Waals surface area (Å²) in [5, 5.41) is 14.8. The molecule has 1 heterocycles. The van der Waals surface area contributed by atoms with Crippen LogP contribution in [-0.4, -0.2) is 43.0 Å². The highest BCUT2D eigenvalue weighted by Crippen LogP contribution is 2.26. The third-order valence-corrected chi connectivity index (χ3v) is 4.66. The van der Waals surface area contributed by atoms with Crippen LogP contribution in [0.5, 0.6) is 11.5 Å². The summed E-state index contributed by atoms with van der Waals surface area (Å²) in [6.45, 7) is 0.462. The van der Waals surface area contributed by atoms with Crippen LogP contribution >= 0.6 is 0 Å². The highest BCUT2D eigenvalue weighted by Gasteiger charge is 2.35. The molecule has 152 valence electrons. The maximum Gasteiger partial charge on any atom is 0.227 e. The van der Waals surface area contributed by atoms with Crippen LogP contribution in [0.15, 0.2) is 48.5 Å². The van der Waals surface area contributed by atoms with Crippen molar-refractivity contribution >= 4 is 29.1 Å². The van der Waals surface area contributed by atoms with Gasteiger partial charge in [0.05, 0.1) is 13.0 Å². The van der Waals surface area contributed by atoms with Crippen LogP contribution in [0.2, 0.25) is 0 Å². The number of amides is 3. The fourth-order valence-corrected chi connectivity index (χ4v) is 3.15. The highest BCUT2D eigenvalue weighted by atomic mass is 16.5. The lowest BCUT2D eigenvalue weighted by Crippen LogP contribution is -2.34. The number of anilines is 2. The van der Waals surface area contributed by atoms with Gasteiger partial charge in [0, 0.05) is 43.4 Å². The lowest BCUT2D eigenvalue weighted by atomic mass is 10.1. The van der Waals surface area contributed by atoms with Crippen molar-refractivity contribution in [1.29, 1.82) is 0 Å². The molecule has 0 bridgehead atoms. The molecule has 8 nitrogen and oxygen atoms in total. The number of carbonyl (C=O) groups is 3. The highest BCUT2D eigenvalue weighted by molar-refractivity contribution is 6.00. The molecule has 29 heavy (non-hydrogen) atoms. The molecular formula is C21H23N3O5. The summed E-state index contributed by atoms with van der Waals surface area (Å²) in [7, 11) is 1.57. The molecule has 0 aliphatic carbocycles. The van der Waals surface area contributed by atoms with Crippen LogP contribution in [0.25, 0.3) is 0 Å². The number of carbonyl (C=O) groups excluding carboxylic acids is 3. The van der Waals surface area contributed by atoms with Crippen LogP contribution in [0, 0.1) is 5.92 Å². The Hall–Kier alpha value is -3.55. The standard InChI is InChI=1S/C21H23N3O5/c1-29-18-7-5-16(6-8-18)24-13-14(11-20(24)27)21(28)22-10-9-19(26)23-15-3-2-4-17(25)12-15/h2-8,12,14,25H,9-11,13H2,1H3,(H,22,28)(H,23,26)/t14-/m1/s1. The molecule has 1 fully saturated rings. The summed E-state index contributed by atoms with van der Waals surface area (Å²) in [5.74, 6) is -0.351. The molecule has 2 aromatic rings. The first-order valence-corrected chi connectivity index (χ1v) is 9.27. The molecule has 0 saturated carbocycles. The maximum atomic E-state index is 12.4. The zero-order valence-corrected chi connectivity index (χ0v) is 16.1. The number of phenols is 1. The smallest absolute Gasteiger partial charge is 0.227 e. The Morgan fingerprint density at radius 3 is 2.66 bits per heavy atom. The molecule has 3 amide bonds. The van der Waals surface area contributed by atoms with Gasteiger partial charge in [0.25, 0.3) is 0 Å². The molecule has 3 rings (SSSR count). The van der Waals surface area contributed by atoms with Crippen LogP contribution in [0.4, 0.5) is 11.4 Å². The number of ether oxygens (including phenoxy) is 1. The molecule has 0 unspecified atom stereocenters. The predicted octanol–water partition coefficient (Wildman–Crippen LogP) is 1.90. The minimum Gasteiger partial charge on any atom is -0.508 e. The van der Waals surface area contributed by atoms with E-state index in [4.69, 9.17) is 4.74 Å². The second-order valence-electron chi connectivity index (χ2n) is 6.74. The van der Waals surface area contributed by atoms with Crippen molar-refractivity contribution in [2.75, 3.05) is 30.4 Å². The maximum absolute atomic E-state index is 12.4. The normalized spacial score (nSPS) is 15.8. The molecular weight excluding hydrogens is 374 g/mol. The first kappa shape index (κ1) is 20.2. The number of phenolic OH excluding ortho intramolecular Hbond substituents is 1. The average Bonchev–Trinajstić information content (AvgIpc) is 3.10. The van der Waals surface area contributed by atoms with Crippen molar-refractivity contribution in [3.05, 3.63) is 48.5 Å². The Morgan fingerprint density at radius 2 is 1.97 bits per heavy atom. The van der Waals surface area contributed by atoms with E-state index in [0.29, 0.717) is 18.0 Å². The molecule has 0 radical (unpaired) electrons. The van der Waals surface area contributed by atoms with Crippen molar-refractivity contribution < 1.29 is 24.2 Å². The fraction of sp³-hybridized carbons (Fsp3) is 0.286. The van der Waals surface area contributed by atoms with E-state index in [9.17, 15) is 19.5 Å². The predicted molar refractivity (Wildman–Crippen MR) is 108 cm³/mol. The van der Waals surface area contributed by atoms with Gasteiger partial charge in [-0.3, -0.25) is 14.4 Å². The van der Waals surface area contributed by atoms with Crippen LogP contribution < -0.4 is 20.3 Å². The van der Waals surface area contributed by atoms with E-state index in [1.165, 1.54) is 12.1 Å². The van der Waals surface area contributed by atoms with Crippen LogP contribution in [-0.2, 0) is 14.4 Å². The topological polar surface area (TPSA) is 108 Å².